The van der Waals surface area contributed by atoms with Gasteiger partial charge in [-0.25, -0.2) is 4.98 Å². The van der Waals surface area contributed by atoms with Crippen LogP contribution in [-0.4, -0.2) is 26.6 Å². The van der Waals surface area contributed by atoms with Crippen LogP contribution in [0.1, 0.15) is 0 Å². The fourth-order valence-electron chi connectivity index (χ4n) is 2.07. The van der Waals surface area contributed by atoms with Gasteiger partial charge in [0.05, 0.1) is 32.4 Å². The molecule has 7 nitrogen and oxygen atoms in total. The summed E-state index contributed by atoms with van der Waals surface area (Å²) in [5.41, 5.74) is 1.58. The lowest BCUT2D eigenvalue weighted by Gasteiger charge is -2.06. The molecule has 1 amide bonds. The van der Waals surface area contributed by atoms with Gasteiger partial charge in [0.15, 0.2) is 5.16 Å². The first-order chi connectivity index (χ1) is 11.9. The number of imidazole rings is 1. The number of H-pyrrole nitrogens is 1. The van der Waals surface area contributed by atoms with E-state index in [0.29, 0.717) is 31.9 Å². The number of anilines is 1. The summed E-state index contributed by atoms with van der Waals surface area (Å²) in [4.78, 5) is 29.6. The summed E-state index contributed by atoms with van der Waals surface area (Å²) in [6, 6.07) is 9.13. The van der Waals surface area contributed by atoms with Gasteiger partial charge >= 0.3 is 0 Å². The number of rotatable bonds is 5. The molecule has 2 aromatic carbocycles. The summed E-state index contributed by atoms with van der Waals surface area (Å²) in [6.07, 6.45) is 0. The van der Waals surface area contributed by atoms with Crippen LogP contribution in [0.4, 0.5) is 11.4 Å². The third kappa shape index (κ3) is 4.22. The van der Waals surface area contributed by atoms with Crippen molar-refractivity contribution in [3.8, 4) is 0 Å². The fraction of sp³-hybridized carbons (Fsp3) is 0.0667. The van der Waals surface area contributed by atoms with Crippen LogP contribution in [-0.2, 0) is 4.79 Å². The maximum atomic E-state index is 12.0. The summed E-state index contributed by atoms with van der Waals surface area (Å²) in [7, 11) is 0. The number of halogens is 2. The molecule has 0 saturated carbocycles. The molecule has 3 aromatic rings. The Morgan fingerprint density at radius 3 is 2.80 bits per heavy atom. The van der Waals surface area contributed by atoms with Crippen molar-refractivity contribution >= 4 is 63.3 Å². The minimum Gasteiger partial charge on any atom is -0.333 e. The zero-order valence-corrected chi connectivity index (χ0v) is 14.8. The molecule has 0 aliphatic heterocycles. The quantitative estimate of drug-likeness (QED) is 0.375. The highest BCUT2D eigenvalue weighted by molar-refractivity contribution is 7.99. The lowest BCUT2D eigenvalue weighted by Crippen LogP contribution is -2.14. The number of aromatic nitrogens is 2. The minimum absolute atomic E-state index is 0.0252. The summed E-state index contributed by atoms with van der Waals surface area (Å²) < 4.78 is 0. The summed E-state index contributed by atoms with van der Waals surface area (Å²) >= 11 is 13.0. The van der Waals surface area contributed by atoms with Crippen LogP contribution in [0, 0.1) is 10.1 Å². The number of nitro benzene ring substituents is 1. The van der Waals surface area contributed by atoms with Crippen LogP contribution in [0.5, 0.6) is 0 Å². The molecule has 0 aliphatic carbocycles. The van der Waals surface area contributed by atoms with E-state index in [1.54, 1.807) is 18.2 Å². The molecule has 0 unspecified atom stereocenters. The maximum Gasteiger partial charge on any atom is 0.271 e. The molecule has 0 radical (unpaired) electrons. The average molecular weight is 397 g/mol. The van der Waals surface area contributed by atoms with Gasteiger partial charge in [-0.2, -0.15) is 0 Å². The number of hydrogen-bond donors (Lipinski definition) is 2. The minimum atomic E-state index is -0.476. The van der Waals surface area contributed by atoms with E-state index in [-0.39, 0.29) is 17.3 Å². The second kappa shape index (κ2) is 7.30. The van der Waals surface area contributed by atoms with E-state index in [0.717, 1.165) is 0 Å². The summed E-state index contributed by atoms with van der Waals surface area (Å²) in [5.74, 6) is -0.165. The van der Waals surface area contributed by atoms with Crippen LogP contribution in [0.15, 0.2) is 41.6 Å². The second-order valence-corrected chi connectivity index (χ2v) is 6.77. The monoisotopic (exact) mass is 396 g/mol. The zero-order chi connectivity index (χ0) is 18.0. The Balaban J connectivity index is 1.65. The number of non-ortho nitro benzene ring substituents is 1. The van der Waals surface area contributed by atoms with Crippen molar-refractivity contribution in [2.24, 2.45) is 0 Å². The number of nitrogens with one attached hydrogen (secondary N) is 2. The van der Waals surface area contributed by atoms with E-state index in [1.807, 2.05) is 0 Å². The molecule has 1 aromatic heterocycles. The van der Waals surface area contributed by atoms with Gasteiger partial charge in [0.1, 0.15) is 0 Å². The Morgan fingerprint density at radius 1 is 1.28 bits per heavy atom. The van der Waals surface area contributed by atoms with E-state index < -0.39 is 4.92 Å². The molecule has 0 fully saturated rings. The van der Waals surface area contributed by atoms with Gasteiger partial charge in [-0.05, 0) is 24.3 Å². The lowest BCUT2D eigenvalue weighted by molar-refractivity contribution is -0.384. The molecule has 1 heterocycles. The average Bonchev–Trinajstić information content (AvgIpc) is 2.97. The molecule has 0 atom stereocenters. The van der Waals surface area contributed by atoms with Crippen molar-refractivity contribution in [3.63, 3.8) is 0 Å². The van der Waals surface area contributed by atoms with E-state index >= 15 is 0 Å². The highest BCUT2D eigenvalue weighted by Gasteiger charge is 2.12. The SMILES string of the molecule is O=C(CSc1nc2ccc([N+](=O)[O-])cc2[nH]1)Nc1ccc(Cl)cc1Cl. The first-order valence-corrected chi connectivity index (χ1v) is 8.68. The molecule has 2 N–H and O–H groups in total. The molecule has 128 valence electrons. The van der Waals surface area contributed by atoms with Crippen molar-refractivity contribution in [1.29, 1.82) is 0 Å². The normalized spacial score (nSPS) is 10.8. The molecule has 10 heteroatoms. The number of benzene rings is 2. The number of thioether (sulfide) groups is 1. The molecule has 0 aliphatic rings. The van der Waals surface area contributed by atoms with Crippen molar-refractivity contribution in [2.75, 3.05) is 11.1 Å². The van der Waals surface area contributed by atoms with Gasteiger partial charge in [0.25, 0.3) is 5.69 Å². The standard InChI is InChI=1S/C15H10Cl2N4O3S/c16-8-1-3-11(10(17)5-8)18-14(22)7-25-15-19-12-4-2-9(21(23)24)6-13(12)20-15/h1-6H,7H2,(H,18,22)(H,19,20). The molecular formula is C15H10Cl2N4O3S. The fourth-order valence-corrected chi connectivity index (χ4v) is 3.21. The number of aromatic amines is 1. The van der Waals surface area contributed by atoms with E-state index in [9.17, 15) is 14.9 Å². The second-order valence-electron chi connectivity index (χ2n) is 4.96. The largest absolute Gasteiger partial charge is 0.333 e. The lowest BCUT2D eigenvalue weighted by atomic mass is 10.3. The Morgan fingerprint density at radius 2 is 2.08 bits per heavy atom. The van der Waals surface area contributed by atoms with Crippen LogP contribution >= 0.6 is 35.0 Å². The number of nitro groups is 1. The first kappa shape index (κ1) is 17.5. The topological polar surface area (TPSA) is 101 Å². The molecule has 3 rings (SSSR count). The van der Waals surface area contributed by atoms with Gasteiger partial charge in [0.2, 0.25) is 5.91 Å². The Hall–Kier alpha value is -2.29. The Kier molecular flexibility index (Phi) is 5.12. The highest BCUT2D eigenvalue weighted by Crippen LogP contribution is 2.26. The zero-order valence-electron chi connectivity index (χ0n) is 12.5. The Labute approximate surface area is 155 Å². The Bertz CT molecular complexity index is 977. The van der Waals surface area contributed by atoms with Crippen molar-refractivity contribution in [3.05, 3.63) is 56.6 Å². The number of hydrogen-bond acceptors (Lipinski definition) is 5. The number of fused-ring (bicyclic) bond motifs is 1. The summed E-state index contributed by atoms with van der Waals surface area (Å²) in [5, 5.41) is 14.8. The predicted molar refractivity (Wildman–Crippen MR) is 98.6 cm³/mol. The van der Waals surface area contributed by atoms with E-state index in [4.69, 9.17) is 23.2 Å². The molecule has 0 spiro atoms. The van der Waals surface area contributed by atoms with Crippen LogP contribution in [0.2, 0.25) is 10.0 Å². The van der Waals surface area contributed by atoms with Gasteiger partial charge in [-0.3, -0.25) is 14.9 Å². The van der Waals surface area contributed by atoms with Gasteiger partial charge in [0, 0.05) is 17.2 Å². The van der Waals surface area contributed by atoms with Crippen molar-refractivity contribution in [1.82, 2.24) is 9.97 Å². The predicted octanol–water partition coefficient (Wildman–Crippen LogP) is 4.51. The highest BCUT2D eigenvalue weighted by atomic mass is 35.5. The van der Waals surface area contributed by atoms with Crippen molar-refractivity contribution in [2.45, 2.75) is 5.16 Å². The molecular weight excluding hydrogens is 387 g/mol. The molecule has 0 bridgehead atoms. The van der Waals surface area contributed by atoms with Crippen LogP contribution < -0.4 is 5.32 Å². The number of carbonyl (C=O) groups excluding carboxylic acids is 1. The smallest absolute Gasteiger partial charge is 0.271 e. The summed E-state index contributed by atoms with van der Waals surface area (Å²) in [6.45, 7) is 0. The molecule has 0 saturated heterocycles. The van der Waals surface area contributed by atoms with Crippen LogP contribution in [0.25, 0.3) is 11.0 Å². The number of amides is 1. The van der Waals surface area contributed by atoms with E-state index in [1.165, 1.54) is 30.0 Å². The van der Waals surface area contributed by atoms with Gasteiger partial charge in [-0.15, -0.1) is 0 Å². The number of carbonyl (C=O) groups is 1. The maximum absolute atomic E-state index is 12.0. The van der Waals surface area contributed by atoms with Gasteiger partial charge in [-0.1, -0.05) is 35.0 Å². The van der Waals surface area contributed by atoms with Gasteiger partial charge < -0.3 is 10.3 Å². The van der Waals surface area contributed by atoms with E-state index in [2.05, 4.69) is 15.3 Å². The number of nitrogens with zero attached hydrogens (tertiary/aromatic N) is 2. The molecule has 25 heavy (non-hydrogen) atoms. The van der Waals surface area contributed by atoms with Crippen molar-refractivity contribution < 1.29 is 9.72 Å². The third-order valence-corrected chi connectivity index (χ3v) is 4.62. The first-order valence-electron chi connectivity index (χ1n) is 6.94. The third-order valence-electron chi connectivity index (χ3n) is 3.20. The van der Waals surface area contributed by atoms with Crippen LogP contribution in [0.3, 0.4) is 0 Å².